The Bertz CT molecular complexity index is 1160. The molecule has 24 heavy (non-hydrogen) atoms. The molecule has 3 aromatic carbocycles. The summed E-state index contributed by atoms with van der Waals surface area (Å²) in [5.74, 6) is -0.475. The summed E-state index contributed by atoms with van der Waals surface area (Å²) in [6, 6.07) is 14.2. The topological polar surface area (TPSA) is 90.9 Å². The van der Waals surface area contributed by atoms with Crippen molar-refractivity contribution in [2.45, 2.75) is 0 Å². The smallest absolute Gasteiger partial charge is 0.197 e. The third-order valence-electron chi connectivity index (χ3n) is 3.96. The quantitative estimate of drug-likeness (QED) is 0.367. The van der Waals surface area contributed by atoms with Crippen molar-refractivity contribution in [3.8, 4) is 28.6 Å². The van der Waals surface area contributed by atoms with Crippen molar-refractivity contribution < 1.29 is 19.7 Å². The molecular weight excluding hydrogens is 308 g/mol. The molecule has 1 aromatic heterocycles. The number of benzene rings is 3. The predicted molar refractivity (Wildman–Crippen MR) is 90.4 cm³/mol. The summed E-state index contributed by atoms with van der Waals surface area (Å²) in [5.41, 5.74) is 0.333. The predicted octanol–water partition coefficient (Wildman–Crippen LogP) is 3.73. The van der Waals surface area contributed by atoms with Crippen LogP contribution in [-0.4, -0.2) is 15.3 Å². The monoisotopic (exact) mass is 320 g/mol. The van der Waals surface area contributed by atoms with E-state index in [-0.39, 0.29) is 39.4 Å². The second-order valence-electron chi connectivity index (χ2n) is 5.50. The van der Waals surface area contributed by atoms with Crippen molar-refractivity contribution in [3.05, 3.63) is 64.8 Å². The number of hydrogen-bond acceptors (Lipinski definition) is 5. The maximum Gasteiger partial charge on any atom is 0.197 e. The van der Waals surface area contributed by atoms with E-state index >= 15 is 0 Å². The van der Waals surface area contributed by atoms with Gasteiger partial charge < -0.3 is 19.7 Å². The Morgan fingerprint density at radius 2 is 1.58 bits per heavy atom. The van der Waals surface area contributed by atoms with Gasteiger partial charge >= 0.3 is 0 Å². The fourth-order valence-electron chi connectivity index (χ4n) is 2.79. The lowest BCUT2D eigenvalue weighted by atomic mass is 10.0. The average Bonchev–Trinajstić information content (AvgIpc) is 2.57. The molecule has 1 heterocycles. The number of rotatable bonds is 1. The number of phenols is 3. The lowest BCUT2D eigenvalue weighted by Crippen LogP contribution is -2.01. The van der Waals surface area contributed by atoms with Crippen LogP contribution in [0.5, 0.6) is 17.2 Å². The Hall–Kier alpha value is -3.47. The van der Waals surface area contributed by atoms with Crippen molar-refractivity contribution >= 4 is 21.7 Å². The van der Waals surface area contributed by atoms with Gasteiger partial charge in [0, 0.05) is 17.0 Å². The maximum atomic E-state index is 12.5. The van der Waals surface area contributed by atoms with Crippen LogP contribution in [0, 0.1) is 0 Å². The van der Waals surface area contributed by atoms with Gasteiger partial charge in [0.1, 0.15) is 22.5 Å². The SMILES string of the molecule is O=c1cc(-c2ccc(O)c(O)c2)oc2c1c(O)cc1ccccc12. The van der Waals surface area contributed by atoms with Crippen LogP contribution in [0.15, 0.2) is 63.8 Å². The van der Waals surface area contributed by atoms with Crippen LogP contribution < -0.4 is 5.43 Å². The summed E-state index contributed by atoms with van der Waals surface area (Å²) >= 11 is 0. The van der Waals surface area contributed by atoms with E-state index in [1.165, 1.54) is 30.3 Å². The molecule has 0 atom stereocenters. The van der Waals surface area contributed by atoms with E-state index in [0.29, 0.717) is 10.9 Å². The van der Waals surface area contributed by atoms with Gasteiger partial charge in [0.15, 0.2) is 16.9 Å². The van der Waals surface area contributed by atoms with E-state index in [0.717, 1.165) is 5.39 Å². The number of fused-ring (bicyclic) bond motifs is 3. The first-order valence-corrected chi connectivity index (χ1v) is 7.25. The zero-order chi connectivity index (χ0) is 16.8. The molecule has 4 aromatic rings. The standard InChI is InChI=1S/C19H12O5/c20-13-6-5-11(8-14(13)21)17-9-16(23)18-15(22)7-10-3-1-2-4-12(10)19(18)24-17/h1-9,20-22H. The van der Waals surface area contributed by atoms with Gasteiger partial charge in [-0.1, -0.05) is 24.3 Å². The molecule has 4 rings (SSSR count). The van der Waals surface area contributed by atoms with Crippen LogP contribution in [0.25, 0.3) is 33.1 Å². The zero-order valence-corrected chi connectivity index (χ0v) is 12.4. The minimum absolute atomic E-state index is 0.112. The molecule has 0 spiro atoms. The number of hydrogen-bond donors (Lipinski definition) is 3. The van der Waals surface area contributed by atoms with Crippen LogP contribution >= 0.6 is 0 Å². The molecule has 0 amide bonds. The maximum absolute atomic E-state index is 12.5. The first kappa shape index (κ1) is 14.1. The van der Waals surface area contributed by atoms with Crippen molar-refractivity contribution in [2.24, 2.45) is 0 Å². The molecule has 0 unspecified atom stereocenters. The van der Waals surface area contributed by atoms with E-state index in [1.54, 1.807) is 6.07 Å². The van der Waals surface area contributed by atoms with E-state index < -0.39 is 0 Å². The molecule has 0 radical (unpaired) electrons. The molecule has 0 saturated heterocycles. The number of aromatic hydroxyl groups is 3. The Kier molecular flexibility index (Phi) is 2.96. The summed E-state index contributed by atoms with van der Waals surface area (Å²) < 4.78 is 5.86. The van der Waals surface area contributed by atoms with Crippen molar-refractivity contribution in [1.82, 2.24) is 0 Å². The Balaban J connectivity index is 2.11. The highest BCUT2D eigenvalue weighted by Gasteiger charge is 2.14. The van der Waals surface area contributed by atoms with Gasteiger partial charge in [-0.2, -0.15) is 0 Å². The molecule has 5 nitrogen and oxygen atoms in total. The summed E-state index contributed by atoms with van der Waals surface area (Å²) in [5, 5.41) is 30.8. The molecule has 3 N–H and O–H groups in total. The second kappa shape index (κ2) is 5.03. The van der Waals surface area contributed by atoms with E-state index in [9.17, 15) is 20.1 Å². The van der Waals surface area contributed by atoms with Gasteiger partial charge in [0.25, 0.3) is 0 Å². The summed E-state index contributed by atoms with van der Waals surface area (Å²) in [4.78, 5) is 12.5. The van der Waals surface area contributed by atoms with Crippen LogP contribution in [0.3, 0.4) is 0 Å². The Morgan fingerprint density at radius 1 is 0.792 bits per heavy atom. The Morgan fingerprint density at radius 3 is 2.38 bits per heavy atom. The van der Waals surface area contributed by atoms with Gasteiger partial charge in [-0.3, -0.25) is 4.79 Å². The van der Waals surface area contributed by atoms with E-state index in [2.05, 4.69) is 0 Å². The average molecular weight is 320 g/mol. The third kappa shape index (κ3) is 2.06. The molecule has 0 saturated carbocycles. The van der Waals surface area contributed by atoms with Crippen molar-refractivity contribution in [3.63, 3.8) is 0 Å². The molecule has 0 aliphatic carbocycles. The van der Waals surface area contributed by atoms with Crippen molar-refractivity contribution in [1.29, 1.82) is 0 Å². The van der Waals surface area contributed by atoms with Gasteiger partial charge in [-0.25, -0.2) is 0 Å². The minimum atomic E-state index is -0.387. The van der Waals surface area contributed by atoms with Gasteiger partial charge in [-0.15, -0.1) is 0 Å². The molecule has 0 aliphatic heterocycles. The second-order valence-corrected chi connectivity index (χ2v) is 5.50. The highest BCUT2D eigenvalue weighted by Crippen LogP contribution is 2.35. The largest absolute Gasteiger partial charge is 0.507 e. The minimum Gasteiger partial charge on any atom is -0.507 e. The normalized spacial score (nSPS) is 11.2. The highest BCUT2D eigenvalue weighted by molar-refractivity contribution is 6.07. The lowest BCUT2D eigenvalue weighted by molar-refractivity contribution is 0.404. The first-order valence-electron chi connectivity index (χ1n) is 7.25. The van der Waals surface area contributed by atoms with Crippen LogP contribution in [-0.2, 0) is 0 Å². The van der Waals surface area contributed by atoms with Crippen LogP contribution in [0.4, 0.5) is 0 Å². The highest BCUT2D eigenvalue weighted by atomic mass is 16.3. The Labute approximate surface area is 135 Å². The van der Waals surface area contributed by atoms with Crippen LogP contribution in [0.1, 0.15) is 0 Å². The summed E-state index contributed by atoms with van der Waals surface area (Å²) in [6.45, 7) is 0. The van der Waals surface area contributed by atoms with E-state index in [4.69, 9.17) is 4.42 Å². The van der Waals surface area contributed by atoms with Gasteiger partial charge in [0.05, 0.1) is 0 Å². The van der Waals surface area contributed by atoms with Gasteiger partial charge in [0.2, 0.25) is 0 Å². The molecular formula is C19H12O5. The first-order chi connectivity index (χ1) is 11.5. The fourth-order valence-corrected chi connectivity index (χ4v) is 2.79. The molecule has 0 aliphatic rings. The van der Waals surface area contributed by atoms with Crippen LogP contribution in [0.2, 0.25) is 0 Å². The lowest BCUT2D eigenvalue weighted by Gasteiger charge is -2.08. The van der Waals surface area contributed by atoms with Gasteiger partial charge in [-0.05, 0) is 29.7 Å². The number of phenolic OH excluding ortho intramolecular Hbond substituents is 3. The molecule has 5 heteroatoms. The zero-order valence-electron chi connectivity index (χ0n) is 12.4. The summed E-state index contributed by atoms with van der Waals surface area (Å²) in [6.07, 6.45) is 0. The molecule has 118 valence electrons. The van der Waals surface area contributed by atoms with Crippen molar-refractivity contribution in [2.75, 3.05) is 0 Å². The molecule has 0 bridgehead atoms. The summed E-state index contributed by atoms with van der Waals surface area (Å²) in [7, 11) is 0. The fraction of sp³-hybridized carbons (Fsp3) is 0. The van der Waals surface area contributed by atoms with E-state index in [1.807, 2.05) is 18.2 Å². The third-order valence-corrected chi connectivity index (χ3v) is 3.96. The molecule has 0 fully saturated rings.